The summed E-state index contributed by atoms with van der Waals surface area (Å²) in [4.78, 5) is 29.4. The molecule has 2 heterocycles. The number of carbonyl (C=O) groups is 2. The molecule has 0 radical (unpaired) electrons. The molecule has 1 aromatic rings. The Morgan fingerprint density at radius 1 is 1.18 bits per heavy atom. The van der Waals surface area contributed by atoms with Crippen LogP contribution >= 0.6 is 24.0 Å². The number of benzene rings is 1. The van der Waals surface area contributed by atoms with Crippen molar-refractivity contribution in [1.29, 1.82) is 0 Å². The van der Waals surface area contributed by atoms with Crippen molar-refractivity contribution < 1.29 is 23.8 Å². The Labute approximate surface area is 204 Å². The molecule has 2 aliphatic heterocycles. The monoisotopic (exact) mass is 493 g/mol. The van der Waals surface area contributed by atoms with Crippen molar-refractivity contribution in [1.82, 2.24) is 15.1 Å². The lowest BCUT2D eigenvalue weighted by molar-refractivity contribution is -0.124. The summed E-state index contributed by atoms with van der Waals surface area (Å²) in [5.74, 6) is 1.09. The Balaban J connectivity index is 1.41. The average Bonchev–Trinajstić information content (AvgIpc) is 3.09. The quantitative estimate of drug-likeness (QED) is 0.286. The van der Waals surface area contributed by atoms with Gasteiger partial charge in [-0.2, -0.15) is 0 Å². The molecule has 0 unspecified atom stereocenters. The second-order valence-corrected chi connectivity index (χ2v) is 9.38. The zero-order chi connectivity index (χ0) is 23.6. The van der Waals surface area contributed by atoms with Crippen LogP contribution in [0.2, 0.25) is 0 Å². The fourth-order valence-corrected chi connectivity index (χ4v) is 4.94. The van der Waals surface area contributed by atoms with Gasteiger partial charge in [-0.05, 0) is 43.2 Å². The van der Waals surface area contributed by atoms with Crippen molar-refractivity contribution in [2.75, 3.05) is 60.2 Å². The predicted molar refractivity (Wildman–Crippen MR) is 134 cm³/mol. The molecule has 180 valence electrons. The van der Waals surface area contributed by atoms with Crippen LogP contribution < -0.4 is 14.8 Å². The van der Waals surface area contributed by atoms with E-state index in [1.807, 2.05) is 12.1 Å². The van der Waals surface area contributed by atoms with Gasteiger partial charge in [0, 0.05) is 32.6 Å². The Bertz CT molecular complexity index is 887. The molecule has 1 aromatic carbocycles. The fraction of sp³-hybridized carbons (Fsp3) is 0.522. The highest BCUT2D eigenvalue weighted by Crippen LogP contribution is 2.34. The summed E-state index contributed by atoms with van der Waals surface area (Å²) < 4.78 is 16.4. The lowest BCUT2D eigenvalue weighted by Gasteiger charge is -2.26. The normalized spacial score (nSPS) is 18.1. The van der Waals surface area contributed by atoms with E-state index in [-0.39, 0.29) is 11.8 Å². The molecule has 2 fully saturated rings. The third-order valence-corrected chi connectivity index (χ3v) is 6.82. The van der Waals surface area contributed by atoms with Gasteiger partial charge in [0.15, 0.2) is 11.5 Å². The summed E-state index contributed by atoms with van der Waals surface area (Å²) in [7, 11) is 3.15. The van der Waals surface area contributed by atoms with E-state index in [1.54, 1.807) is 31.3 Å². The Kier molecular flexibility index (Phi) is 9.98. The fourth-order valence-electron chi connectivity index (χ4n) is 3.63. The van der Waals surface area contributed by atoms with Crippen LogP contribution in [-0.2, 0) is 14.3 Å². The predicted octanol–water partition coefficient (Wildman–Crippen LogP) is 2.52. The molecule has 3 rings (SSSR count). The summed E-state index contributed by atoms with van der Waals surface area (Å²) >= 11 is 6.67. The standard InChI is InChI=1S/C23H31N3O5S2/c1-29-18-7-6-17(15-19(18)30-2)16-20-22(28)26(23(32)33-20)10-3-5-21(27)24-8-4-9-25-11-13-31-14-12-25/h6-7,15-16H,3-5,8-14H2,1-2H3,(H,24,27). The molecule has 8 nitrogen and oxygen atoms in total. The highest BCUT2D eigenvalue weighted by molar-refractivity contribution is 8.26. The van der Waals surface area contributed by atoms with Crippen LogP contribution in [0, 0.1) is 0 Å². The lowest BCUT2D eigenvalue weighted by Crippen LogP contribution is -2.38. The Hall–Kier alpha value is -2.14. The maximum Gasteiger partial charge on any atom is 0.266 e. The van der Waals surface area contributed by atoms with E-state index in [1.165, 1.54) is 11.8 Å². The summed E-state index contributed by atoms with van der Waals surface area (Å²) in [6.07, 6.45) is 3.64. The van der Waals surface area contributed by atoms with Crippen LogP contribution in [0.3, 0.4) is 0 Å². The molecular formula is C23H31N3O5S2. The number of morpholine rings is 1. The van der Waals surface area contributed by atoms with Crippen molar-refractivity contribution in [3.63, 3.8) is 0 Å². The second-order valence-electron chi connectivity index (χ2n) is 7.71. The van der Waals surface area contributed by atoms with Crippen LogP contribution in [0.4, 0.5) is 0 Å². The number of hydrogen-bond donors (Lipinski definition) is 1. The smallest absolute Gasteiger partial charge is 0.266 e. The first-order valence-corrected chi connectivity index (χ1v) is 12.3. The number of thiocarbonyl (C=S) groups is 1. The average molecular weight is 494 g/mol. The van der Waals surface area contributed by atoms with E-state index < -0.39 is 0 Å². The number of carbonyl (C=O) groups excluding carboxylic acids is 2. The number of methoxy groups -OCH3 is 2. The maximum atomic E-state index is 12.8. The van der Waals surface area contributed by atoms with Crippen molar-refractivity contribution in [2.45, 2.75) is 19.3 Å². The molecule has 0 bridgehead atoms. The topological polar surface area (TPSA) is 80.3 Å². The number of hydrogen-bond acceptors (Lipinski definition) is 8. The van der Waals surface area contributed by atoms with Gasteiger partial charge in [-0.15, -0.1) is 0 Å². The van der Waals surface area contributed by atoms with Crippen LogP contribution in [0.1, 0.15) is 24.8 Å². The van der Waals surface area contributed by atoms with E-state index in [9.17, 15) is 9.59 Å². The van der Waals surface area contributed by atoms with E-state index in [0.29, 0.717) is 46.7 Å². The summed E-state index contributed by atoms with van der Waals surface area (Å²) in [6, 6.07) is 5.47. The molecule has 1 N–H and O–H groups in total. The summed E-state index contributed by atoms with van der Waals surface area (Å²) in [6.45, 7) is 5.53. The first-order valence-electron chi connectivity index (χ1n) is 11.1. The molecule has 2 aliphatic rings. The van der Waals surface area contributed by atoms with Gasteiger partial charge in [-0.3, -0.25) is 19.4 Å². The Morgan fingerprint density at radius 2 is 1.94 bits per heavy atom. The Morgan fingerprint density at radius 3 is 2.67 bits per heavy atom. The number of rotatable bonds is 11. The molecule has 2 amide bonds. The molecule has 2 saturated heterocycles. The van der Waals surface area contributed by atoms with Gasteiger partial charge >= 0.3 is 0 Å². The van der Waals surface area contributed by atoms with Crippen LogP contribution in [-0.4, -0.2) is 86.1 Å². The van der Waals surface area contributed by atoms with Crippen molar-refractivity contribution in [3.8, 4) is 11.5 Å². The molecule has 0 atom stereocenters. The van der Waals surface area contributed by atoms with Gasteiger partial charge in [0.2, 0.25) is 5.91 Å². The zero-order valence-corrected chi connectivity index (χ0v) is 20.8. The minimum atomic E-state index is -0.134. The SMILES string of the molecule is COc1ccc(C=C2SC(=S)N(CCCC(=O)NCCCN3CCOCC3)C2=O)cc1OC. The van der Waals surface area contributed by atoms with Crippen LogP contribution in [0.15, 0.2) is 23.1 Å². The van der Waals surface area contributed by atoms with Gasteiger partial charge in [0.05, 0.1) is 32.3 Å². The van der Waals surface area contributed by atoms with Gasteiger partial charge in [0.25, 0.3) is 5.91 Å². The van der Waals surface area contributed by atoms with E-state index in [0.717, 1.165) is 44.8 Å². The molecule has 0 spiro atoms. The van der Waals surface area contributed by atoms with Crippen molar-refractivity contribution in [2.24, 2.45) is 0 Å². The van der Waals surface area contributed by atoms with E-state index in [4.69, 9.17) is 26.4 Å². The molecular weight excluding hydrogens is 462 g/mol. The summed E-state index contributed by atoms with van der Waals surface area (Å²) in [5.41, 5.74) is 0.824. The van der Waals surface area contributed by atoms with Gasteiger partial charge in [0.1, 0.15) is 4.32 Å². The number of nitrogens with zero attached hydrogens (tertiary/aromatic N) is 2. The molecule has 0 aromatic heterocycles. The van der Waals surface area contributed by atoms with Crippen molar-refractivity contribution in [3.05, 3.63) is 28.7 Å². The largest absolute Gasteiger partial charge is 0.493 e. The van der Waals surface area contributed by atoms with Crippen molar-refractivity contribution >= 4 is 46.2 Å². The maximum absolute atomic E-state index is 12.8. The highest BCUT2D eigenvalue weighted by atomic mass is 32.2. The minimum absolute atomic E-state index is 0.00304. The van der Waals surface area contributed by atoms with Gasteiger partial charge in [-0.25, -0.2) is 0 Å². The molecule has 0 saturated carbocycles. The second kappa shape index (κ2) is 12.9. The first-order chi connectivity index (χ1) is 16.0. The third kappa shape index (κ3) is 7.43. The number of amides is 2. The lowest BCUT2D eigenvalue weighted by atomic mass is 10.2. The third-order valence-electron chi connectivity index (χ3n) is 5.44. The summed E-state index contributed by atoms with van der Waals surface area (Å²) in [5, 5.41) is 2.96. The van der Waals surface area contributed by atoms with E-state index in [2.05, 4.69) is 10.2 Å². The van der Waals surface area contributed by atoms with E-state index >= 15 is 0 Å². The molecule has 0 aliphatic carbocycles. The molecule has 10 heteroatoms. The first kappa shape index (κ1) is 25.5. The zero-order valence-electron chi connectivity index (χ0n) is 19.1. The minimum Gasteiger partial charge on any atom is -0.493 e. The number of nitrogens with one attached hydrogen (secondary N) is 1. The molecule has 33 heavy (non-hydrogen) atoms. The van der Waals surface area contributed by atoms with Gasteiger partial charge in [-0.1, -0.05) is 30.0 Å². The number of ether oxygens (including phenoxy) is 3. The number of thioether (sulfide) groups is 1. The van der Waals surface area contributed by atoms with Crippen LogP contribution in [0.25, 0.3) is 6.08 Å². The van der Waals surface area contributed by atoms with Crippen LogP contribution in [0.5, 0.6) is 11.5 Å². The van der Waals surface area contributed by atoms with Gasteiger partial charge < -0.3 is 19.5 Å². The highest BCUT2D eigenvalue weighted by Gasteiger charge is 2.31.